The summed E-state index contributed by atoms with van der Waals surface area (Å²) in [5, 5.41) is 0. The van der Waals surface area contributed by atoms with Crippen LogP contribution >= 0.6 is 0 Å². The molecule has 68 valence electrons. The first-order chi connectivity index (χ1) is 6.05. The lowest BCUT2D eigenvalue weighted by Gasteiger charge is -2.11. The van der Waals surface area contributed by atoms with Crippen LogP contribution in [0.4, 0.5) is 8.78 Å². The van der Waals surface area contributed by atoms with Gasteiger partial charge in [0.15, 0.2) is 0 Å². The summed E-state index contributed by atoms with van der Waals surface area (Å²) in [6, 6.07) is 2.97. The highest BCUT2D eigenvalue weighted by Crippen LogP contribution is 2.46. The minimum absolute atomic E-state index is 0.0324. The van der Waals surface area contributed by atoms with Crippen LogP contribution in [0.25, 0.3) is 5.57 Å². The lowest BCUT2D eigenvalue weighted by molar-refractivity contribution is 0.0419. The second-order valence-electron chi connectivity index (χ2n) is 3.22. The van der Waals surface area contributed by atoms with Crippen molar-refractivity contribution in [1.82, 2.24) is 4.98 Å². The second-order valence-corrected chi connectivity index (χ2v) is 3.22. The minimum Gasteiger partial charge on any atom is -0.256 e. The first-order valence-corrected chi connectivity index (χ1v) is 4.07. The van der Waals surface area contributed by atoms with E-state index in [9.17, 15) is 8.78 Å². The van der Waals surface area contributed by atoms with E-state index in [0.717, 1.165) is 0 Å². The van der Waals surface area contributed by atoms with Crippen LogP contribution in [0.3, 0.4) is 0 Å². The molecule has 1 aliphatic rings. The van der Waals surface area contributed by atoms with Gasteiger partial charge in [-0.2, -0.15) is 8.78 Å². The predicted octanol–water partition coefficient (Wildman–Crippen LogP) is 2.98. The molecule has 0 unspecified atom stereocenters. The van der Waals surface area contributed by atoms with Gasteiger partial charge in [-0.25, -0.2) is 0 Å². The molecule has 1 aliphatic carbocycles. The number of alkyl halides is 2. The summed E-state index contributed by atoms with van der Waals surface area (Å²) < 4.78 is 27.0. The molecule has 0 fully saturated rings. The van der Waals surface area contributed by atoms with Crippen molar-refractivity contribution < 1.29 is 8.78 Å². The first-order valence-electron chi connectivity index (χ1n) is 4.07. The maximum Gasteiger partial charge on any atom is 0.296 e. The Morgan fingerprint density at radius 3 is 2.62 bits per heavy atom. The van der Waals surface area contributed by atoms with Crippen molar-refractivity contribution in [2.45, 2.75) is 19.8 Å². The summed E-state index contributed by atoms with van der Waals surface area (Å²) in [4.78, 5) is 3.95. The van der Waals surface area contributed by atoms with Gasteiger partial charge in [0.2, 0.25) is 0 Å². The fourth-order valence-corrected chi connectivity index (χ4v) is 1.57. The highest BCUT2D eigenvalue weighted by molar-refractivity contribution is 5.74. The number of allylic oxidation sites excluding steroid dienone is 2. The third-order valence-electron chi connectivity index (χ3n) is 2.53. The van der Waals surface area contributed by atoms with Gasteiger partial charge < -0.3 is 0 Å². The number of pyridine rings is 1. The number of halogens is 2. The lowest BCUT2D eigenvalue weighted by atomic mass is 10.1. The molecule has 1 aromatic rings. The van der Waals surface area contributed by atoms with Crippen LogP contribution in [-0.2, 0) is 5.92 Å². The largest absolute Gasteiger partial charge is 0.296 e. The van der Waals surface area contributed by atoms with Gasteiger partial charge in [0.05, 0.1) is 11.3 Å². The molecule has 1 nitrogen and oxygen atoms in total. The van der Waals surface area contributed by atoms with Crippen LogP contribution < -0.4 is 0 Å². The van der Waals surface area contributed by atoms with E-state index in [2.05, 4.69) is 4.98 Å². The fourth-order valence-electron chi connectivity index (χ4n) is 1.57. The van der Waals surface area contributed by atoms with Gasteiger partial charge in [-0.1, -0.05) is 0 Å². The number of fused-ring (bicyclic) bond motifs is 1. The average molecular weight is 181 g/mol. The third-order valence-corrected chi connectivity index (χ3v) is 2.53. The van der Waals surface area contributed by atoms with Crippen molar-refractivity contribution in [2.75, 3.05) is 0 Å². The number of hydrogen-bond acceptors (Lipinski definition) is 1. The zero-order chi connectivity index (χ0) is 9.64. The lowest BCUT2D eigenvalue weighted by Crippen LogP contribution is -2.11. The molecule has 0 aliphatic heterocycles. The quantitative estimate of drug-likeness (QED) is 0.599. The molecule has 0 aromatic carbocycles. The number of aromatic nitrogens is 1. The van der Waals surface area contributed by atoms with E-state index in [0.29, 0.717) is 11.3 Å². The van der Waals surface area contributed by atoms with Gasteiger partial charge in [-0.05, 0) is 31.6 Å². The predicted molar refractivity (Wildman–Crippen MR) is 46.4 cm³/mol. The Kier molecular flexibility index (Phi) is 1.53. The maximum atomic E-state index is 13.5. The molecule has 3 heteroatoms. The van der Waals surface area contributed by atoms with E-state index in [1.165, 1.54) is 19.2 Å². The van der Waals surface area contributed by atoms with Crippen molar-refractivity contribution in [3.8, 4) is 0 Å². The van der Waals surface area contributed by atoms with Crippen LogP contribution in [0.5, 0.6) is 0 Å². The SMILES string of the molecule is CC1=C(C)C(F)(F)c2cccnc21. The Balaban J connectivity index is 2.74. The molecule has 13 heavy (non-hydrogen) atoms. The Bertz CT molecular complexity index is 394. The van der Waals surface area contributed by atoms with Crippen LogP contribution in [0.15, 0.2) is 23.9 Å². The van der Waals surface area contributed by atoms with Crippen LogP contribution in [0, 0.1) is 0 Å². The topological polar surface area (TPSA) is 12.9 Å². The zero-order valence-corrected chi connectivity index (χ0v) is 7.44. The molecular formula is C10H9F2N. The molecule has 0 saturated heterocycles. The van der Waals surface area contributed by atoms with E-state index < -0.39 is 5.92 Å². The Morgan fingerprint density at radius 2 is 2.00 bits per heavy atom. The maximum absolute atomic E-state index is 13.5. The monoisotopic (exact) mass is 181 g/mol. The van der Waals surface area contributed by atoms with E-state index in [4.69, 9.17) is 0 Å². The Morgan fingerprint density at radius 1 is 1.31 bits per heavy atom. The van der Waals surface area contributed by atoms with Crippen LogP contribution in [0.1, 0.15) is 25.1 Å². The average Bonchev–Trinajstić information content (AvgIpc) is 2.30. The normalized spacial score (nSPS) is 19.1. The Hall–Kier alpha value is -1.25. The summed E-state index contributed by atoms with van der Waals surface area (Å²) in [5.74, 6) is -2.83. The summed E-state index contributed by atoms with van der Waals surface area (Å²) in [5.41, 5.74) is 1.18. The number of hydrogen-bond donors (Lipinski definition) is 0. The van der Waals surface area contributed by atoms with Gasteiger partial charge in [0.25, 0.3) is 5.92 Å². The van der Waals surface area contributed by atoms with E-state index in [1.54, 1.807) is 13.0 Å². The van der Waals surface area contributed by atoms with Crippen molar-refractivity contribution in [1.29, 1.82) is 0 Å². The summed E-state index contributed by atoms with van der Waals surface area (Å²) in [7, 11) is 0. The van der Waals surface area contributed by atoms with Crippen LogP contribution in [0.2, 0.25) is 0 Å². The zero-order valence-electron chi connectivity index (χ0n) is 7.44. The molecule has 1 heterocycles. The standard InChI is InChI=1S/C10H9F2N/c1-6-7(2)10(11,12)8-4-3-5-13-9(6)8/h3-5H,1-2H3. The van der Waals surface area contributed by atoms with E-state index >= 15 is 0 Å². The van der Waals surface area contributed by atoms with Gasteiger partial charge in [-0.3, -0.25) is 4.98 Å². The molecule has 0 bridgehead atoms. The summed E-state index contributed by atoms with van der Waals surface area (Å²) >= 11 is 0. The molecule has 0 atom stereocenters. The third kappa shape index (κ3) is 0.930. The van der Waals surface area contributed by atoms with Crippen molar-refractivity contribution in [3.63, 3.8) is 0 Å². The van der Waals surface area contributed by atoms with E-state index in [1.807, 2.05) is 0 Å². The van der Waals surface area contributed by atoms with Gasteiger partial charge in [-0.15, -0.1) is 0 Å². The van der Waals surface area contributed by atoms with Crippen molar-refractivity contribution in [3.05, 3.63) is 35.2 Å². The van der Waals surface area contributed by atoms with E-state index in [-0.39, 0.29) is 11.1 Å². The first kappa shape index (κ1) is 8.35. The molecular weight excluding hydrogens is 172 g/mol. The number of rotatable bonds is 0. The van der Waals surface area contributed by atoms with Gasteiger partial charge in [0, 0.05) is 11.8 Å². The highest BCUT2D eigenvalue weighted by Gasteiger charge is 2.43. The molecule has 0 spiro atoms. The Labute approximate surface area is 75.1 Å². The summed E-state index contributed by atoms with van der Waals surface area (Å²) in [6.07, 6.45) is 1.54. The van der Waals surface area contributed by atoms with Crippen LogP contribution in [-0.4, -0.2) is 4.98 Å². The van der Waals surface area contributed by atoms with Crippen molar-refractivity contribution >= 4 is 5.57 Å². The smallest absolute Gasteiger partial charge is 0.256 e. The minimum atomic E-state index is -2.83. The second kappa shape index (κ2) is 2.37. The molecule has 2 rings (SSSR count). The van der Waals surface area contributed by atoms with Gasteiger partial charge >= 0.3 is 0 Å². The number of nitrogens with zero attached hydrogens (tertiary/aromatic N) is 1. The van der Waals surface area contributed by atoms with Gasteiger partial charge in [0.1, 0.15) is 0 Å². The summed E-state index contributed by atoms with van der Waals surface area (Å²) in [6.45, 7) is 3.14. The molecule has 0 saturated carbocycles. The highest BCUT2D eigenvalue weighted by atomic mass is 19.3. The molecule has 1 aromatic heterocycles. The molecule has 0 amide bonds. The fraction of sp³-hybridized carbons (Fsp3) is 0.300. The van der Waals surface area contributed by atoms with Crippen molar-refractivity contribution in [2.24, 2.45) is 0 Å². The molecule has 0 N–H and O–H groups in total. The molecule has 0 radical (unpaired) electrons.